The lowest BCUT2D eigenvalue weighted by Crippen LogP contribution is -2.30. The SMILES string of the molecule is COC(=O)Cc1cc(=O)[nH]c(S[C@H](C)C(=O)NCc2ccc3c(c2)OCO3)n1. The van der Waals surface area contributed by atoms with Gasteiger partial charge in [-0.25, -0.2) is 4.98 Å². The molecule has 2 N–H and O–H groups in total. The van der Waals surface area contributed by atoms with E-state index in [-0.39, 0.29) is 30.0 Å². The summed E-state index contributed by atoms with van der Waals surface area (Å²) in [5, 5.41) is 2.58. The Kier molecular flexibility index (Phi) is 6.19. The topological polar surface area (TPSA) is 120 Å². The van der Waals surface area contributed by atoms with Crippen molar-refractivity contribution in [2.45, 2.75) is 30.3 Å². The van der Waals surface area contributed by atoms with Gasteiger partial charge in [-0.1, -0.05) is 17.8 Å². The van der Waals surface area contributed by atoms with Gasteiger partial charge < -0.3 is 24.5 Å². The van der Waals surface area contributed by atoms with Crippen molar-refractivity contribution in [1.29, 1.82) is 0 Å². The first-order chi connectivity index (χ1) is 13.4. The number of hydrogen-bond donors (Lipinski definition) is 2. The number of nitrogens with one attached hydrogen (secondary N) is 2. The lowest BCUT2D eigenvalue weighted by molar-refractivity contribution is -0.139. The van der Waals surface area contributed by atoms with Crippen molar-refractivity contribution in [3.63, 3.8) is 0 Å². The highest BCUT2D eigenvalue weighted by Gasteiger charge is 2.18. The van der Waals surface area contributed by atoms with Crippen LogP contribution in [-0.4, -0.2) is 41.0 Å². The molecule has 2 heterocycles. The van der Waals surface area contributed by atoms with Crippen LogP contribution in [0.5, 0.6) is 11.5 Å². The summed E-state index contributed by atoms with van der Waals surface area (Å²) in [7, 11) is 1.26. The molecule has 0 bridgehead atoms. The molecule has 1 aliphatic heterocycles. The van der Waals surface area contributed by atoms with E-state index >= 15 is 0 Å². The Hall–Kier alpha value is -3.01. The molecule has 3 rings (SSSR count). The largest absolute Gasteiger partial charge is 0.469 e. The first-order valence-corrected chi connectivity index (χ1v) is 9.32. The summed E-state index contributed by atoms with van der Waals surface area (Å²) in [5.41, 5.74) is 0.761. The van der Waals surface area contributed by atoms with E-state index in [9.17, 15) is 14.4 Å². The van der Waals surface area contributed by atoms with Crippen molar-refractivity contribution in [1.82, 2.24) is 15.3 Å². The number of esters is 1. The summed E-state index contributed by atoms with van der Waals surface area (Å²) in [6.45, 7) is 2.22. The van der Waals surface area contributed by atoms with Crippen LogP contribution in [0.3, 0.4) is 0 Å². The van der Waals surface area contributed by atoms with Crippen LogP contribution in [-0.2, 0) is 27.3 Å². The zero-order chi connectivity index (χ0) is 20.1. The van der Waals surface area contributed by atoms with Crippen molar-refractivity contribution in [2.75, 3.05) is 13.9 Å². The van der Waals surface area contributed by atoms with Crippen LogP contribution < -0.4 is 20.3 Å². The molecule has 1 aliphatic rings. The lowest BCUT2D eigenvalue weighted by atomic mass is 10.2. The number of nitrogens with zero attached hydrogens (tertiary/aromatic N) is 1. The Labute approximate surface area is 164 Å². The maximum absolute atomic E-state index is 12.4. The van der Waals surface area contributed by atoms with Gasteiger partial charge in [0, 0.05) is 12.6 Å². The van der Waals surface area contributed by atoms with Crippen LogP contribution in [0.4, 0.5) is 0 Å². The molecule has 0 spiro atoms. The Morgan fingerprint density at radius 3 is 2.89 bits per heavy atom. The molecular formula is C18H19N3O6S. The number of aromatic amines is 1. The number of fused-ring (bicyclic) bond motifs is 1. The molecule has 1 atom stereocenters. The van der Waals surface area contributed by atoms with E-state index in [0.717, 1.165) is 17.3 Å². The van der Waals surface area contributed by atoms with Gasteiger partial charge in [0.05, 0.1) is 24.5 Å². The summed E-state index contributed by atoms with van der Waals surface area (Å²) in [6, 6.07) is 6.69. The standard InChI is InChI=1S/C18H19N3O6S/c1-10(28-18-20-12(6-15(22)21-18)7-16(23)25-2)17(24)19-8-11-3-4-13-14(5-11)27-9-26-13/h3-6,10H,7-9H2,1-2H3,(H,19,24)(H,20,21,22)/t10-/m1/s1. The molecule has 0 unspecified atom stereocenters. The zero-order valence-corrected chi connectivity index (χ0v) is 16.1. The van der Waals surface area contributed by atoms with Gasteiger partial charge in [0.25, 0.3) is 5.56 Å². The number of carbonyl (C=O) groups excluding carboxylic acids is 2. The fraction of sp³-hybridized carbons (Fsp3) is 0.333. The molecule has 0 radical (unpaired) electrons. The van der Waals surface area contributed by atoms with Crippen molar-refractivity contribution in [2.24, 2.45) is 0 Å². The summed E-state index contributed by atoms with van der Waals surface area (Å²) >= 11 is 1.09. The number of aromatic nitrogens is 2. The third-order valence-electron chi connectivity index (χ3n) is 3.89. The number of rotatable bonds is 7. The van der Waals surface area contributed by atoms with E-state index in [1.807, 2.05) is 12.1 Å². The summed E-state index contributed by atoms with van der Waals surface area (Å²) in [5.74, 6) is 0.617. The number of benzene rings is 1. The Bertz CT molecular complexity index is 945. The van der Waals surface area contributed by atoms with Gasteiger partial charge in [-0.05, 0) is 24.6 Å². The molecule has 0 fully saturated rings. The first kappa shape index (κ1) is 19.7. The normalized spacial score (nSPS) is 13.1. The quantitative estimate of drug-likeness (QED) is 0.398. The Balaban J connectivity index is 1.58. The predicted octanol–water partition coefficient (Wildman–Crippen LogP) is 1.01. The van der Waals surface area contributed by atoms with E-state index in [1.165, 1.54) is 13.2 Å². The third-order valence-corrected chi connectivity index (χ3v) is 4.87. The van der Waals surface area contributed by atoms with Gasteiger partial charge in [0.2, 0.25) is 12.7 Å². The maximum Gasteiger partial charge on any atom is 0.311 e. The van der Waals surface area contributed by atoms with Crippen LogP contribution in [0, 0.1) is 0 Å². The average Bonchev–Trinajstić information content (AvgIpc) is 3.13. The number of amides is 1. The number of carbonyl (C=O) groups is 2. The minimum absolute atomic E-state index is 0.112. The number of methoxy groups -OCH3 is 1. The van der Waals surface area contributed by atoms with Crippen LogP contribution >= 0.6 is 11.8 Å². The molecule has 10 heteroatoms. The highest BCUT2D eigenvalue weighted by Crippen LogP contribution is 2.32. The van der Waals surface area contributed by atoms with Gasteiger partial charge in [0.1, 0.15) is 0 Å². The second-order valence-electron chi connectivity index (χ2n) is 5.96. The van der Waals surface area contributed by atoms with E-state index < -0.39 is 16.8 Å². The van der Waals surface area contributed by atoms with E-state index in [1.54, 1.807) is 13.0 Å². The molecule has 0 aliphatic carbocycles. The maximum atomic E-state index is 12.4. The minimum Gasteiger partial charge on any atom is -0.469 e. The molecule has 28 heavy (non-hydrogen) atoms. The Morgan fingerprint density at radius 2 is 2.11 bits per heavy atom. The number of ether oxygens (including phenoxy) is 3. The number of hydrogen-bond acceptors (Lipinski definition) is 8. The summed E-state index contributed by atoms with van der Waals surface area (Å²) < 4.78 is 15.1. The average molecular weight is 405 g/mol. The predicted molar refractivity (Wildman–Crippen MR) is 100 cm³/mol. The van der Waals surface area contributed by atoms with Crippen molar-refractivity contribution in [3.05, 3.63) is 45.9 Å². The molecular weight excluding hydrogens is 386 g/mol. The lowest BCUT2D eigenvalue weighted by Gasteiger charge is -2.12. The molecule has 1 aromatic carbocycles. The fourth-order valence-corrected chi connectivity index (χ4v) is 3.31. The first-order valence-electron chi connectivity index (χ1n) is 8.44. The van der Waals surface area contributed by atoms with Gasteiger partial charge >= 0.3 is 5.97 Å². The number of H-pyrrole nitrogens is 1. The molecule has 2 aromatic rings. The zero-order valence-electron chi connectivity index (χ0n) is 15.3. The van der Waals surface area contributed by atoms with Crippen molar-refractivity contribution >= 4 is 23.6 Å². The monoisotopic (exact) mass is 405 g/mol. The van der Waals surface area contributed by atoms with Crippen LogP contribution in [0.15, 0.2) is 34.2 Å². The summed E-state index contributed by atoms with van der Waals surface area (Å²) in [4.78, 5) is 42.2. The van der Waals surface area contributed by atoms with Crippen LogP contribution in [0.2, 0.25) is 0 Å². The second kappa shape index (κ2) is 8.79. The van der Waals surface area contributed by atoms with E-state index in [2.05, 4.69) is 20.0 Å². The third kappa shape index (κ3) is 5.03. The highest BCUT2D eigenvalue weighted by atomic mass is 32.2. The van der Waals surface area contributed by atoms with E-state index in [0.29, 0.717) is 18.0 Å². The molecule has 0 saturated carbocycles. The van der Waals surface area contributed by atoms with Gasteiger partial charge in [-0.3, -0.25) is 14.4 Å². The molecule has 1 amide bonds. The second-order valence-corrected chi connectivity index (χ2v) is 7.29. The highest BCUT2D eigenvalue weighted by molar-refractivity contribution is 8.00. The minimum atomic E-state index is -0.509. The van der Waals surface area contributed by atoms with Crippen LogP contribution in [0.1, 0.15) is 18.2 Å². The molecule has 0 saturated heterocycles. The van der Waals surface area contributed by atoms with Gasteiger partial charge in [-0.2, -0.15) is 0 Å². The van der Waals surface area contributed by atoms with Crippen LogP contribution in [0.25, 0.3) is 0 Å². The number of thioether (sulfide) groups is 1. The van der Waals surface area contributed by atoms with Crippen molar-refractivity contribution < 1.29 is 23.8 Å². The smallest absolute Gasteiger partial charge is 0.311 e. The Morgan fingerprint density at radius 1 is 1.32 bits per heavy atom. The summed E-state index contributed by atoms with van der Waals surface area (Å²) in [6.07, 6.45) is -0.112. The van der Waals surface area contributed by atoms with Gasteiger partial charge in [-0.15, -0.1) is 0 Å². The molecule has 1 aromatic heterocycles. The van der Waals surface area contributed by atoms with Gasteiger partial charge in [0.15, 0.2) is 16.7 Å². The molecule has 148 valence electrons. The van der Waals surface area contributed by atoms with Crippen molar-refractivity contribution in [3.8, 4) is 11.5 Å². The van der Waals surface area contributed by atoms with E-state index in [4.69, 9.17) is 9.47 Å². The molecule has 9 nitrogen and oxygen atoms in total. The fourth-order valence-electron chi connectivity index (χ4n) is 2.45.